The summed E-state index contributed by atoms with van der Waals surface area (Å²) in [7, 11) is 0. The summed E-state index contributed by atoms with van der Waals surface area (Å²) < 4.78 is 0. The SMILES string of the molecule is O=C(O)c1cccc(C#Cc2cc(C#Cc3cc(C(=O)O)cc(C(=O)O)c3)c3ccc4c(C#Cc5cc(C(=O)O)cc(C(=O)O)c5)cc(C#Cc5cccc(C(=O)O)c5)c5ccc2c3c54)c1. The molecule has 314 valence electrons. The van der Waals surface area contributed by atoms with Gasteiger partial charge in [0.25, 0.3) is 0 Å². The minimum atomic E-state index is -1.35. The third-order valence-corrected chi connectivity index (χ3v) is 10.3. The van der Waals surface area contributed by atoms with Gasteiger partial charge in [-0.15, -0.1) is 0 Å². The summed E-state index contributed by atoms with van der Waals surface area (Å²) in [5.41, 5.74) is 1.66. The highest BCUT2D eigenvalue weighted by molar-refractivity contribution is 6.27. The van der Waals surface area contributed by atoms with E-state index in [0.29, 0.717) is 65.7 Å². The monoisotopic (exact) mass is 866 g/mol. The van der Waals surface area contributed by atoms with Crippen molar-refractivity contribution in [3.8, 4) is 47.4 Å². The second-order valence-electron chi connectivity index (χ2n) is 14.6. The van der Waals surface area contributed by atoms with Crippen LogP contribution in [0.4, 0.5) is 0 Å². The molecule has 66 heavy (non-hydrogen) atoms. The lowest BCUT2D eigenvalue weighted by Gasteiger charge is -2.16. The number of aromatic carboxylic acids is 6. The van der Waals surface area contributed by atoms with Crippen molar-refractivity contribution in [1.29, 1.82) is 0 Å². The van der Waals surface area contributed by atoms with Crippen LogP contribution in [0.5, 0.6) is 0 Å². The van der Waals surface area contributed by atoms with E-state index in [-0.39, 0.29) is 44.5 Å². The first-order chi connectivity index (χ1) is 31.6. The van der Waals surface area contributed by atoms with Gasteiger partial charge in [-0.2, -0.15) is 0 Å². The van der Waals surface area contributed by atoms with Crippen molar-refractivity contribution in [1.82, 2.24) is 0 Å². The van der Waals surface area contributed by atoms with Gasteiger partial charge in [-0.1, -0.05) is 83.8 Å². The summed E-state index contributed by atoms with van der Waals surface area (Å²) in [6.45, 7) is 0. The highest BCUT2D eigenvalue weighted by atomic mass is 16.4. The second-order valence-corrected chi connectivity index (χ2v) is 14.6. The Morgan fingerprint density at radius 2 is 0.530 bits per heavy atom. The van der Waals surface area contributed by atoms with Crippen LogP contribution in [0, 0.1) is 47.4 Å². The summed E-state index contributed by atoms with van der Waals surface area (Å²) in [6.07, 6.45) is 0. The van der Waals surface area contributed by atoms with Gasteiger partial charge in [-0.25, -0.2) is 28.8 Å². The van der Waals surface area contributed by atoms with Crippen LogP contribution >= 0.6 is 0 Å². The molecule has 8 aromatic carbocycles. The standard InChI is InChI=1S/C54H26O12/c55-49(56)37-5-1-3-29(19-37)7-11-33-25-35(13-9-31-21-39(51(59)60)27-40(22-31)52(61)62)45-17-18-46-36(14-10-32-23-41(53(63)64)28-42(24-32)54(65)66)26-34(44-16-15-43(33)47(45)48(44)46)12-8-30-4-2-6-38(20-30)50(57)58/h1-6,15-28H,(H,55,56)(H,57,58)(H,59,60)(H,61,62)(H,63,64)(H,65,66). The Morgan fingerprint density at radius 3 is 0.803 bits per heavy atom. The van der Waals surface area contributed by atoms with Crippen LogP contribution in [-0.2, 0) is 0 Å². The molecule has 0 aliphatic rings. The molecule has 0 bridgehead atoms. The molecule has 0 aromatic heterocycles. The molecule has 0 saturated heterocycles. The predicted octanol–water partition coefficient (Wildman–Crippen LogP) is 8.37. The van der Waals surface area contributed by atoms with Gasteiger partial charge in [0.2, 0.25) is 0 Å². The molecule has 0 amide bonds. The highest BCUT2D eigenvalue weighted by Crippen LogP contribution is 2.40. The maximum atomic E-state index is 11.9. The quantitative estimate of drug-likeness (QED) is 0.0685. The average molecular weight is 867 g/mol. The molecule has 0 spiro atoms. The van der Waals surface area contributed by atoms with Crippen LogP contribution in [0.25, 0.3) is 32.3 Å². The molecule has 8 rings (SSSR count). The number of rotatable bonds is 6. The van der Waals surface area contributed by atoms with Gasteiger partial charge in [-0.05, 0) is 117 Å². The Morgan fingerprint density at radius 1 is 0.273 bits per heavy atom. The van der Waals surface area contributed by atoms with Crippen LogP contribution in [0.1, 0.15) is 107 Å². The third kappa shape index (κ3) is 8.66. The van der Waals surface area contributed by atoms with E-state index in [1.165, 1.54) is 48.5 Å². The van der Waals surface area contributed by atoms with Crippen molar-refractivity contribution in [2.75, 3.05) is 0 Å². The van der Waals surface area contributed by atoms with E-state index in [1.54, 1.807) is 48.5 Å². The van der Waals surface area contributed by atoms with Crippen molar-refractivity contribution in [2.24, 2.45) is 0 Å². The lowest BCUT2D eigenvalue weighted by Crippen LogP contribution is -2.03. The lowest BCUT2D eigenvalue weighted by atomic mass is 9.86. The van der Waals surface area contributed by atoms with E-state index in [2.05, 4.69) is 47.4 Å². The first kappa shape index (κ1) is 42.5. The van der Waals surface area contributed by atoms with Crippen molar-refractivity contribution < 1.29 is 59.4 Å². The van der Waals surface area contributed by atoms with Gasteiger partial charge in [0.1, 0.15) is 0 Å². The fraction of sp³-hybridized carbons (Fsp3) is 0. The van der Waals surface area contributed by atoms with Crippen molar-refractivity contribution >= 4 is 68.1 Å². The first-order valence-electron chi connectivity index (χ1n) is 19.4. The third-order valence-electron chi connectivity index (χ3n) is 10.3. The molecule has 0 saturated carbocycles. The van der Waals surface area contributed by atoms with Gasteiger partial charge < -0.3 is 30.6 Å². The summed E-state index contributed by atoms with van der Waals surface area (Å²) >= 11 is 0. The fourth-order valence-corrected chi connectivity index (χ4v) is 7.32. The molecule has 0 radical (unpaired) electrons. The maximum Gasteiger partial charge on any atom is 0.335 e. The number of hydrogen-bond acceptors (Lipinski definition) is 6. The first-order valence-corrected chi connectivity index (χ1v) is 19.4. The molecule has 12 heteroatoms. The number of carboxylic acids is 6. The molecular formula is C54H26O12. The number of hydrogen-bond donors (Lipinski definition) is 6. The normalized spacial score (nSPS) is 10.4. The molecule has 8 aromatic rings. The van der Waals surface area contributed by atoms with Crippen molar-refractivity contribution in [3.05, 3.63) is 199 Å². The summed E-state index contributed by atoms with van der Waals surface area (Å²) in [5.74, 6) is 16.8. The topological polar surface area (TPSA) is 224 Å². The number of carbonyl (C=O) groups is 6. The zero-order chi connectivity index (χ0) is 46.8. The molecular weight excluding hydrogens is 841 g/mol. The molecule has 0 aliphatic heterocycles. The van der Waals surface area contributed by atoms with Gasteiger partial charge >= 0.3 is 35.8 Å². The summed E-state index contributed by atoms with van der Waals surface area (Å²) in [6, 6.07) is 29.9. The molecule has 6 N–H and O–H groups in total. The smallest absolute Gasteiger partial charge is 0.335 e. The Hall–Kier alpha value is -10.1. The van der Waals surface area contributed by atoms with Crippen LogP contribution in [-0.4, -0.2) is 66.5 Å². The largest absolute Gasteiger partial charge is 0.478 e. The number of carboxylic acid groups (broad SMARTS) is 6. The molecule has 0 unspecified atom stereocenters. The van der Waals surface area contributed by atoms with E-state index in [1.807, 2.05) is 12.1 Å². The molecule has 0 atom stereocenters. The molecule has 0 heterocycles. The Kier molecular flexibility index (Phi) is 11.2. The second kappa shape index (κ2) is 17.3. The average Bonchev–Trinajstić information content (AvgIpc) is 3.30. The lowest BCUT2D eigenvalue weighted by molar-refractivity contribution is 0.0676. The van der Waals surface area contributed by atoms with Crippen LogP contribution in [0.15, 0.2) is 121 Å². The molecule has 0 fully saturated rings. The van der Waals surface area contributed by atoms with Crippen molar-refractivity contribution in [2.45, 2.75) is 0 Å². The Bertz CT molecular complexity index is 3440. The van der Waals surface area contributed by atoms with Crippen LogP contribution in [0.2, 0.25) is 0 Å². The van der Waals surface area contributed by atoms with E-state index in [0.717, 1.165) is 12.1 Å². The van der Waals surface area contributed by atoms with Gasteiger partial charge in [0.15, 0.2) is 0 Å². The molecule has 0 aliphatic carbocycles. The predicted molar refractivity (Wildman–Crippen MR) is 242 cm³/mol. The zero-order valence-corrected chi connectivity index (χ0v) is 33.7. The van der Waals surface area contributed by atoms with E-state index in [9.17, 15) is 59.4 Å². The summed E-state index contributed by atoms with van der Waals surface area (Å²) in [4.78, 5) is 71.2. The number of benzene rings is 8. The van der Waals surface area contributed by atoms with E-state index >= 15 is 0 Å². The molecule has 12 nitrogen and oxygen atoms in total. The minimum absolute atomic E-state index is 0.0268. The van der Waals surface area contributed by atoms with Crippen molar-refractivity contribution in [3.63, 3.8) is 0 Å². The van der Waals surface area contributed by atoms with E-state index in [4.69, 9.17) is 0 Å². The summed E-state index contributed by atoms with van der Waals surface area (Å²) in [5, 5.41) is 61.8. The fourth-order valence-electron chi connectivity index (χ4n) is 7.32. The minimum Gasteiger partial charge on any atom is -0.478 e. The van der Waals surface area contributed by atoms with Gasteiger partial charge in [0, 0.05) is 44.5 Å². The highest BCUT2D eigenvalue weighted by Gasteiger charge is 2.18. The Labute approximate surface area is 373 Å². The van der Waals surface area contributed by atoms with E-state index < -0.39 is 35.8 Å². The van der Waals surface area contributed by atoms with Gasteiger partial charge in [0.05, 0.1) is 33.4 Å². The maximum absolute atomic E-state index is 11.9. The zero-order valence-electron chi connectivity index (χ0n) is 33.7. The van der Waals surface area contributed by atoms with Gasteiger partial charge in [-0.3, -0.25) is 0 Å². The van der Waals surface area contributed by atoms with Crippen LogP contribution < -0.4 is 0 Å². The van der Waals surface area contributed by atoms with Crippen LogP contribution in [0.3, 0.4) is 0 Å². The Balaban J connectivity index is 1.44.